The third-order valence-corrected chi connectivity index (χ3v) is 12.1. The highest BCUT2D eigenvalue weighted by atomic mass is 19.3. The van der Waals surface area contributed by atoms with E-state index in [1.54, 1.807) is 25.4 Å². The fourth-order valence-corrected chi connectivity index (χ4v) is 8.68. The number of fused-ring (bicyclic) bond motifs is 1. The maximum Gasteiger partial charge on any atom is 0.329 e. The molecule has 16 nitrogen and oxygen atoms in total. The smallest absolute Gasteiger partial charge is 0.329 e. The van der Waals surface area contributed by atoms with Crippen molar-refractivity contribution in [3.8, 4) is 11.8 Å². The Morgan fingerprint density at radius 2 is 1.75 bits per heavy atom. The summed E-state index contributed by atoms with van der Waals surface area (Å²) < 4.78 is 30.6. The number of carbonyl (C=O) groups excluding carboxylic acids is 3. The number of carbonyl (C=O) groups is 3. The second-order valence-corrected chi connectivity index (χ2v) is 16.2. The van der Waals surface area contributed by atoms with E-state index in [1.807, 2.05) is 12.1 Å². The average molecular weight is 841 g/mol. The SMILES string of the molecule is Cn1c(=O)n(C2CCC(=O)NC2=O)c2cccc(C#CCN3CCN(CC4CCC(N=CC(NC(=O)C(=CN)c5nccc(N6CCCCC6)n5)=C(N)C(F)F)CC4)CC3)c21. The second kappa shape index (κ2) is 19.6. The first kappa shape index (κ1) is 43.2. The Morgan fingerprint density at radius 3 is 2.46 bits per heavy atom. The van der Waals surface area contributed by atoms with Crippen LogP contribution in [0.3, 0.4) is 0 Å². The quantitative estimate of drug-likeness (QED) is 0.0956. The van der Waals surface area contributed by atoms with Gasteiger partial charge in [0, 0.05) is 77.9 Å². The number of amides is 3. The summed E-state index contributed by atoms with van der Waals surface area (Å²) in [5.74, 6) is 6.23. The number of imide groups is 1. The number of nitrogens with one attached hydrogen (secondary N) is 2. The lowest BCUT2D eigenvalue weighted by Crippen LogP contribution is -2.48. The van der Waals surface area contributed by atoms with Crippen LogP contribution in [0.15, 0.2) is 57.8 Å². The molecule has 1 aliphatic carbocycles. The highest BCUT2D eigenvalue weighted by Gasteiger charge is 2.32. The molecule has 1 unspecified atom stereocenters. The van der Waals surface area contributed by atoms with Crippen LogP contribution >= 0.6 is 0 Å². The molecule has 0 bridgehead atoms. The second-order valence-electron chi connectivity index (χ2n) is 16.2. The molecule has 3 saturated heterocycles. The molecule has 3 aliphatic heterocycles. The molecule has 0 spiro atoms. The molecule has 4 aliphatic rings. The minimum absolute atomic E-state index is 0.0653. The zero-order chi connectivity index (χ0) is 43.0. The topological polar surface area (TPSA) is 202 Å². The first-order valence-electron chi connectivity index (χ1n) is 21.1. The number of rotatable bonds is 11. The molecule has 3 aromatic rings. The Hall–Kier alpha value is -5.93. The van der Waals surface area contributed by atoms with E-state index in [0.717, 1.165) is 97.0 Å². The van der Waals surface area contributed by atoms with Crippen LogP contribution in [0, 0.1) is 17.8 Å². The van der Waals surface area contributed by atoms with Crippen molar-refractivity contribution in [3.63, 3.8) is 0 Å². The molecule has 324 valence electrons. The molecule has 1 atom stereocenters. The number of aliphatic imine (C=N–C) groups is 1. The Labute approximate surface area is 353 Å². The van der Waals surface area contributed by atoms with Crippen LogP contribution < -0.4 is 32.7 Å². The van der Waals surface area contributed by atoms with Gasteiger partial charge in [0.25, 0.3) is 12.3 Å². The number of para-hydroxylation sites is 1. The average Bonchev–Trinajstić information content (AvgIpc) is 3.52. The zero-order valence-electron chi connectivity index (χ0n) is 34.5. The lowest BCUT2D eigenvalue weighted by Gasteiger charge is -2.37. The number of hydrogen-bond acceptors (Lipinski definition) is 12. The number of nitrogens with zero attached hydrogens (tertiary/aromatic N) is 8. The van der Waals surface area contributed by atoms with Gasteiger partial charge in [0.05, 0.1) is 40.5 Å². The molecule has 5 heterocycles. The van der Waals surface area contributed by atoms with Gasteiger partial charge in [-0.05, 0) is 75.5 Å². The molecule has 7 rings (SSSR count). The number of aryl methyl sites for hydroxylation is 1. The summed E-state index contributed by atoms with van der Waals surface area (Å²) in [7, 11) is 1.67. The van der Waals surface area contributed by atoms with E-state index in [2.05, 4.69) is 52.1 Å². The summed E-state index contributed by atoms with van der Waals surface area (Å²) in [4.78, 5) is 71.2. The minimum Gasteiger partial charge on any atom is -0.404 e. The van der Waals surface area contributed by atoms with Crippen LogP contribution in [0.25, 0.3) is 16.6 Å². The van der Waals surface area contributed by atoms with Crippen LogP contribution in [0.2, 0.25) is 0 Å². The molecular formula is C43H54F2N12O4. The van der Waals surface area contributed by atoms with Crippen molar-refractivity contribution in [2.45, 2.75) is 76.3 Å². The molecule has 3 amide bonds. The summed E-state index contributed by atoms with van der Waals surface area (Å²) >= 11 is 0. The van der Waals surface area contributed by atoms with Crippen molar-refractivity contribution in [2.24, 2.45) is 29.4 Å². The van der Waals surface area contributed by atoms with E-state index in [-0.39, 0.29) is 47.6 Å². The third-order valence-electron chi connectivity index (χ3n) is 12.1. The molecule has 1 saturated carbocycles. The van der Waals surface area contributed by atoms with Crippen molar-refractivity contribution in [1.82, 2.24) is 39.5 Å². The van der Waals surface area contributed by atoms with Crippen LogP contribution in [0.4, 0.5) is 14.6 Å². The first-order valence-corrected chi connectivity index (χ1v) is 21.1. The molecule has 1 aromatic carbocycles. The molecule has 6 N–H and O–H groups in total. The number of halogens is 2. The molecular weight excluding hydrogens is 787 g/mol. The van der Waals surface area contributed by atoms with Crippen molar-refractivity contribution >= 4 is 46.4 Å². The summed E-state index contributed by atoms with van der Waals surface area (Å²) in [5.41, 5.74) is 12.1. The predicted molar refractivity (Wildman–Crippen MR) is 228 cm³/mol. The summed E-state index contributed by atoms with van der Waals surface area (Å²) in [6.45, 7) is 6.78. The monoisotopic (exact) mass is 840 g/mol. The Kier molecular flexibility index (Phi) is 13.9. The number of aromatic nitrogens is 4. The third kappa shape index (κ3) is 10.2. The highest BCUT2D eigenvalue weighted by Crippen LogP contribution is 2.28. The van der Waals surface area contributed by atoms with Crippen LogP contribution in [-0.4, -0.2) is 118 Å². The summed E-state index contributed by atoms with van der Waals surface area (Å²) in [5, 5.41) is 4.83. The van der Waals surface area contributed by atoms with Crippen molar-refractivity contribution in [2.75, 3.05) is 57.3 Å². The molecule has 0 radical (unpaired) electrons. The maximum atomic E-state index is 13.8. The van der Waals surface area contributed by atoms with E-state index < -0.39 is 30.0 Å². The zero-order valence-corrected chi connectivity index (χ0v) is 34.5. The molecule has 18 heteroatoms. The van der Waals surface area contributed by atoms with Gasteiger partial charge in [-0.25, -0.2) is 23.5 Å². The lowest BCUT2D eigenvalue weighted by atomic mass is 9.86. The van der Waals surface area contributed by atoms with E-state index in [9.17, 15) is 28.0 Å². The van der Waals surface area contributed by atoms with Crippen molar-refractivity contribution in [3.05, 3.63) is 69.9 Å². The van der Waals surface area contributed by atoms with E-state index in [1.165, 1.54) is 15.3 Å². The summed E-state index contributed by atoms with van der Waals surface area (Å²) in [6, 6.07) is 6.43. The lowest BCUT2D eigenvalue weighted by molar-refractivity contribution is -0.135. The van der Waals surface area contributed by atoms with Gasteiger partial charge in [0.2, 0.25) is 11.8 Å². The Balaban J connectivity index is 0.883. The van der Waals surface area contributed by atoms with Crippen LogP contribution in [0.5, 0.6) is 0 Å². The van der Waals surface area contributed by atoms with E-state index in [0.29, 0.717) is 34.9 Å². The number of nitrogens with two attached hydrogens (primary N) is 2. The number of imidazole rings is 1. The number of hydrogen-bond donors (Lipinski definition) is 4. The number of piperazine rings is 1. The standard InChI is InChI=1S/C43H54F2N12O4/c1-53-38-29(7-5-9-33(38)57(43(53)61)34-14-15-36(58)52-42(34)60)8-6-18-54-21-23-55(24-22-54)27-28-10-12-30(13-11-28)49-26-32(37(47)39(44)45)50-41(59)31(25-46)40-48-17-16-35(51-40)56-19-3-2-4-20-56/h5,7,9,16-17,25-26,28,30,34,39H,2-4,10-15,18-24,27,46-47H2,1H3,(H,50,59)(H,52,58,60). The number of benzene rings is 1. The molecule has 4 fully saturated rings. The van der Waals surface area contributed by atoms with Crippen LogP contribution in [-0.2, 0) is 21.4 Å². The molecule has 61 heavy (non-hydrogen) atoms. The number of anilines is 1. The van der Waals surface area contributed by atoms with Gasteiger partial charge >= 0.3 is 5.69 Å². The van der Waals surface area contributed by atoms with E-state index >= 15 is 0 Å². The van der Waals surface area contributed by atoms with Gasteiger partial charge in [-0.1, -0.05) is 17.9 Å². The van der Waals surface area contributed by atoms with Gasteiger partial charge in [-0.2, -0.15) is 0 Å². The van der Waals surface area contributed by atoms with Gasteiger partial charge < -0.3 is 26.6 Å². The predicted octanol–water partition coefficient (Wildman–Crippen LogP) is 2.25. The van der Waals surface area contributed by atoms with Crippen molar-refractivity contribution in [1.29, 1.82) is 0 Å². The Bertz CT molecular complexity index is 2320. The molecule has 2 aromatic heterocycles. The number of piperidine rings is 2. The normalized spacial score (nSPS) is 22.6. The number of alkyl halides is 2. The van der Waals surface area contributed by atoms with Crippen molar-refractivity contribution < 1.29 is 23.2 Å². The van der Waals surface area contributed by atoms with Gasteiger partial charge in [-0.3, -0.25) is 38.7 Å². The highest BCUT2D eigenvalue weighted by molar-refractivity contribution is 6.19. The van der Waals surface area contributed by atoms with E-state index in [4.69, 9.17) is 11.5 Å². The largest absolute Gasteiger partial charge is 0.404 e. The maximum absolute atomic E-state index is 13.8. The summed E-state index contributed by atoms with van der Waals surface area (Å²) in [6.07, 6.45) is 7.97. The van der Waals surface area contributed by atoms with Crippen LogP contribution in [0.1, 0.15) is 75.2 Å². The van der Waals surface area contributed by atoms with Gasteiger partial charge in [0.15, 0.2) is 5.82 Å². The fourth-order valence-electron chi connectivity index (χ4n) is 8.68. The fraction of sp³-hybridized carbons (Fsp3) is 0.512. The van der Waals surface area contributed by atoms with Gasteiger partial charge in [0.1, 0.15) is 17.6 Å². The minimum atomic E-state index is -3.01. The first-order chi connectivity index (χ1) is 29.5. The number of allylic oxidation sites excluding steroid dienone is 2. The van der Waals surface area contributed by atoms with Gasteiger partial charge in [-0.15, -0.1) is 0 Å². The Morgan fingerprint density at radius 1 is 1.02 bits per heavy atom.